The van der Waals surface area contributed by atoms with Crippen LogP contribution < -0.4 is 10.1 Å². The fourth-order valence-corrected chi connectivity index (χ4v) is 3.63. The number of amides is 1. The largest absolute Gasteiger partial charge is 0.491 e. The molecule has 0 saturated heterocycles. The number of allylic oxidation sites excluding steroid dienone is 1. The van der Waals surface area contributed by atoms with E-state index in [4.69, 9.17) is 24.4 Å². The molecule has 184 valence electrons. The molecule has 34 heavy (non-hydrogen) atoms. The summed E-state index contributed by atoms with van der Waals surface area (Å²) in [6.45, 7) is 2.23. The number of ether oxygens (including phenoxy) is 3. The summed E-state index contributed by atoms with van der Waals surface area (Å²) in [6.07, 6.45) is 3.50. The third kappa shape index (κ3) is 9.46. The molecule has 0 heterocycles. The fourth-order valence-electron chi connectivity index (χ4n) is 3.22. The van der Waals surface area contributed by atoms with Gasteiger partial charge in [0.15, 0.2) is 6.10 Å². The second-order valence-electron chi connectivity index (χ2n) is 7.14. The van der Waals surface area contributed by atoms with Crippen LogP contribution in [0.1, 0.15) is 31.4 Å². The Labute approximate surface area is 203 Å². The number of carbonyl (C=O) groups is 2. The second kappa shape index (κ2) is 15.0. The van der Waals surface area contributed by atoms with Gasteiger partial charge in [0, 0.05) is 23.3 Å². The van der Waals surface area contributed by atoms with Gasteiger partial charge in [0.2, 0.25) is 0 Å². The number of nitrogens with one attached hydrogen (secondary N) is 1. The zero-order valence-corrected chi connectivity index (χ0v) is 20.1. The van der Waals surface area contributed by atoms with Gasteiger partial charge in [-0.1, -0.05) is 18.2 Å². The number of hydrogen-bond acceptors (Lipinski definition) is 7. The van der Waals surface area contributed by atoms with E-state index in [1.165, 1.54) is 0 Å². The lowest BCUT2D eigenvalue weighted by atomic mass is 10.00. The van der Waals surface area contributed by atoms with Crippen molar-refractivity contribution in [1.82, 2.24) is 0 Å². The van der Waals surface area contributed by atoms with E-state index in [9.17, 15) is 9.59 Å². The first-order valence-electron chi connectivity index (χ1n) is 10.9. The lowest BCUT2D eigenvalue weighted by Crippen LogP contribution is -2.29. The number of hydrogen-bond donors (Lipinski definition) is 3. The van der Waals surface area contributed by atoms with Crippen LogP contribution in [0, 0.1) is 0 Å². The predicted molar refractivity (Wildman–Crippen MR) is 132 cm³/mol. The van der Waals surface area contributed by atoms with Gasteiger partial charge in [0.25, 0.3) is 0 Å². The summed E-state index contributed by atoms with van der Waals surface area (Å²) in [5.41, 5.74) is 1.25. The third-order valence-electron chi connectivity index (χ3n) is 4.71. The molecule has 0 radical (unpaired) electrons. The summed E-state index contributed by atoms with van der Waals surface area (Å²) in [7, 11) is 0. The first-order valence-corrected chi connectivity index (χ1v) is 12.2. The molecule has 0 aliphatic heterocycles. The van der Waals surface area contributed by atoms with Gasteiger partial charge in [-0.15, -0.1) is 11.8 Å². The zero-order chi connectivity index (χ0) is 24.8. The molecule has 2 rings (SSSR count). The monoisotopic (exact) mass is 489 g/mol. The molecule has 2 aromatic carbocycles. The standard InChI is InChI=1S/C25H31NO7S/c1-3-31-22(9-4-5-10-23(28)29)24(18-7-6-8-20(17-18)32-16-15-27)33-25(30)26-19-11-13-21(34-2)14-12-19/h5-8,10-14,17,22,24,27H,3-4,9,15-16H2,1-2H3,(H,26,30)(H,28,29)/b10-5+/t22-,24-/m0/s1. The van der Waals surface area contributed by atoms with Crippen LogP contribution in [0.3, 0.4) is 0 Å². The smallest absolute Gasteiger partial charge is 0.412 e. The quantitative estimate of drug-likeness (QED) is 0.254. The highest BCUT2D eigenvalue weighted by Gasteiger charge is 2.28. The molecule has 0 spiro atoms. The Bertz CT molecular complexity index is 933. The maximum Gasteiger partial charge on any atom is 0.412 e. The van der Waals surface area contributed by atoms with Crippen molar-refractivity contribution in [3.05, 3.63) is 66.2 Å². The Morgan fingerprint density at radius 3 is 2.59 bits per heavy atom. The molecule has 0 aliphatic carbocycles. The number of benzene rings is 2. The van der Waals surface area contributed by atoms with Gasteiger partial charge in [-0.05, 0) is 68.0 Å². The first kappa shape index (κ1) is 27.2. The van der Waals surface area contributed by atoms with E-state index in [2.05, 4.69) is 5.32 Å². The average Bonchev–Trinajstić information content (AvgIpc) is 2.84. The number of aliphatic carboxylic acids is 1. The van der Waals surface area contributed by atoms with Gasteiger partial charge in [0.05, 0.1) is 12.7 Å². The SMILES string of the molecule is CCO[C@@H](CC/C=C/C(=O)O)[C@@H](OC(=O)Nc1ccc(SC)cc1)c1cccc(OCCO)c1. The van der Waals surface area contributed by atoms with Gasteiger partial charge in [0.1, 0.15) is 12.4 Å². The van der Waals surface area contributed by atoms with Gasteiger partial charge >= 0.3 is 12.1 Å². The van der Waals surface area contributed by atoms with Crippen LogP contribution in [-0.2, 0) is 14.3 Å². The summed E-state index contributed by atoms with van der Waals surface area (Å²) < 4.78 is 17.2. The zero-order valence-electron chi connectivity index (χ0n) is 19.3. The minimum Gasteiger partial charge on any atom is -0.491 e. The van der Waals surface area contributed by atoms with Gasteiger partial charge in [-0.25, -0.2) is 9.59 Å². The number of thioether (sulfide) groups is 1. The Morgan fingerprint density at radius 2 is 1.94 bits per heavy atom. The van der Waals surface area contributed by atoms with Crippen LogP contribution in [0.25, 0.3) is 0 Å². The molecule has 3 N–H and O–H groups in total. The minimum absolute atomic E-state index is 0.126. The topological polar surface area (TPSA) is 114 Å². The van der Waals surface area contributed by atoms with Crippen LogP contribution in [0.4, 0.5) is 10.5 Å². The van der Waals surface area contributed by atoms with Gasteiger partial charge in [-0.2, -0.15) is 0 Å². The van der Waals surface area contributed by atoms with Gasteiger partial charge < -0.3 is 24.4 Å². The number of rotatable bonds is 14. The van der Waals surface area contributed by atoms with Crippen molar-refractivity contribution < 1.29 is 34.0 Å². The Kier molecular flexibility index (Phi) is 12.0. The summed E-state index contributed by atoms with van der Waals surface area (Å²) in [5, 5.41) is 20.6. The highest BCUT2D eigenvalue weighted by Crippen LogP contribution is 2.30. The summed E-state index contributed by atoms with van der Waals surface area (Å²) in [6, 6.07) is 14.4. The van der Waals surface area contributed by atoms with Gasteiger partial charge in [-0.3, -0.25) is 5.32 Å². The molecule has 0 aliphatic rings. The van der Waals surface area contributed by atoms with E-state index < -0.39 is 24.3 Å². The Morgan fingerprint density at radius 1 is 1.18 bits per heavy atom. The summed E-state index contributed by atoms with van der Waals surface area (Å²) >= 11 is 1.60. The molecule has 2 atom stereocenters. The van der Waals surface area contributed by atoms with E-state index in [1.54, 1.807) is 54.2 Å². The van der Waals surface area contributed by atoms with Crippen LogP contribution in [0.15, 0.2) is 65.6 Å². The molecule has 0 aromatic heterocycles. The molecular formula is C25H31NO7S. The van der Waals surface area contributed by atoms with E-state index in [1.807, 2.05) is 25.3 Å². The van der Waals surface area contributed by atoms with Crippen molar-refractivity contribution in [3.63, 3.8) is 0 Å². The van der Waals surface area contributed by atoms with Crippen molar-refractivity contribution in [3.8, 4) is 5.75 Å². The minimum atomic E-state index is -1.03. The normalized spacial score (nSPS) is 12.8. The van der Waals surface area contributed by atoms with Crippen molar-refractivity contribution in [2.75, 3.05) is 31.4 Å². The number of carboxylic acids is 1. The van der Waals surface area contributed by atoms with Crippen molar-refractivity contribution in [1.29, 1.82) is 0 Å². The Hall–Kier alpha value is -3.01. The van der Waals surface area contributed by atoms with E-state index in [0.717, 1.165) is 11.0 Å². The molecular weight excluding hydrogens is 458 g/mol. The summed E-state index contributed by atoms with van der Waals surface area (Å²) in [4.78, 5) is 24.6. The number of carboxylic acid groups (broad SMARTS) is 1. The lowest BCUT2D eigenvalue weighted by Gasteiger charge is -2.27. The lowest BCUT2D eigenvalue weighted by molar-refractivity contribution is -0.131. The molecule has 1 amide bonds. The first-order chi connectivity index (χ1) is 16.5. The third-order valence-corrected chi connectivity index (χ3v) is 5.46. The van der Waals surface area contributed by atoms with Crippen LogP contribution in [0.5, 0.6) is 5.75 Å². The maximum absolute atomic E-state index is 12.8. The molecule has 0 bridgehead atoms. The van der Waals surface area contributed by atoms with Crippen LogP contribution in [0.2, 0.25) is 0 Å². The average molecular weight is 490 g/mol. The molecule has 8 nitrogen and oxygen atoms in total. The van der Waals surface area contributed by atoms with E-state index in [0.29, 0.717) is 36.4 Å². The molecule has 9 heteroatoms. The number of aliphatic hydroxyl groups excluding tert-OH is 1. The molecule has 0 unspecified atom stereocenters. The maximum atomic E-state index is 12.8. The fraction of sp³-hybridized carbons (Fsp3) is 0.360. The number of aliphatic hydroxyl groups is 1. The van der Waals surface area contributed by atoms with Crippen molar-refractivity contribution in [2.45, 2.75) is 36.9 Å². The Balaban J connectivity index is 2.24. The molecule has 2 aromatic rings. The second-order valence-corrected chi connectivity index (χ2v) is 8.02. The molecule has 0 saturated carbocycles. The van der Waals surface area contributed by atoms with Crippen LogP contribution >= 0.6 is 11.8 Å². The van der Waals surface area contributed by atoms with Crippen LogP contribution in [-0.4, -0.2) is 54.5 Å². The van der Waals surface area contributed by atoms with E-state index in [-0.39, 0.29) is 13.2 Å². The van der Waals surface area contributed by atoms with Crippen molar-refractivity contribution >= 4 is 29.5 Å². The highest BCUT2D eigenvalue weighted by molar-refractivity contribution is 7.98. The van der Waals surface area contributed by atoms with E-state index >= 15 is 0 Å². The highest BCUT2D eigenvalue weighted by atomic mass is 32.2. The number of carbonyl (C=O) groups excluding carboxylic acids is 1. The number of anilines is 1. The predicted octanol–water partition coefficient (Wildman–Crippen LogP) is 4.90. The molecule has 0 fully saturated rings. The summed E-state index contributed by atoms with van der Waals surface area (Å²) in [5.74, 6) is -0.504. The van der Waals surface area contributed by atoms with Crippen molar-refractivity contribution in [2.24, 2.45) is 0 Å².